The molecule has 2 amide bonds. The maximum absolute atomic E-state index is 12.2. The number of aliphatic imine (C=N–C) groups is 1. The molecule has 0 bridgehead atoms. The van der Waals surface area contributed by atoms with Gasteiger partial charge in [0.2, 0.25) is 0 Å². The van der Waals surface area contributed by atoms with Gasteiger partial charge in [0.05, 0.1) is 14.2 Å². The lowest BCUT2D eigenvalue weighted by atomic mass is 10.0. The number of aromatic nitrogens is 2. The number of hydrogen-bond donors (Lipinski definition) is 5. The summed E-state index contributed by atoms with van der Waals surface area (Å²) in [4.78, 5) is 47.2. The summed E-state index contributed by atoms with van der Waals surface area (Å²) in [5.74, 6) is -1.54. The van der Waals surface area contributed by atoms with E-state index in [0.29, 0.717) is 19.4 Å². The number of aryl methyl sites for hydroxylation is 2. The topological polar surface area (TPSA) is 210 Å². The number of carbonyl (C=O) groups excluding carboxylic acids is 3. The van der Waals surface area contributed by atoms with Crippen LogP contribution in [0.1, 0.15) is 40.9 Å². The predicted molar refractivity (Wildman–Crippen MR) is 139 cm³/mol. The number of nitrogens with zero attached hydrogens (tertiary/aromatic N) is 3. The summed E-state index contributed by atoms with van der Waals surface area (Å²) in [6.07, 6.45) is 2.68. The molecule has 0 radical (unpaired) electrons. The largest absolute Gasteiger partial charge is 0.467 e. The fourth-order valence-electron chi connectivity index (χ4n) is 3.24. The molecule has 0 spiro atoms. The van der Waals surface area contributed by atoms with E-state index in [1.165, 1.54) is 14.2 Å². The molecule has 2 aromatic rings. The third kappa shape index (κ3) is 9.44. The van der Waals surface area contributed by atoms with Crippen molar-refractivity contribution in [1.82, 2.24) is 20.6 Å². The van der Waals surface area contributed by atoms with Crippen LogP contribution in [-0.4, -0.2) is 60.7 Å². The number of halogens is 1. The lowest BCUT2D eigenvalue weighted by molar-refractivity contribution is -0.143. The number of nitrogen functional groups attached to an aromatic ring is 2. The van der Waals surface area contributed by atoms with Crippen molar-refractivity contribution in [2.75, 3.05) is 32.2 Å². The van der Waals surface area contributed by atoms with E-state index in [9.17, 15) is 14.4 Å². The average Bonchev–Trinajstić information content (AvgIpc) is 2.88. The molecule has 0 saturated carbocycles. The minimum Gasteiger partial charge on any atom is -0.467 e. The molecule has 1 aromatic carbocycles. The highest BCUT2D eigenvalue weighted by Crippen LogP contribution is 2.17. The lowest BCUT2D eigenvalue weighted by Crippen LogP contribution is -2.41. The van der Waals surface area contributed by atoms with Crippen molar-refractivity contribution < 1.29 is 23.9 Å². The van der Waals surface area contributed by atoms with E-state index < -0.39 is 24.0 Å². The number of nitrogens with one attached hydrogen (secondary N) is 2. The third-order valence-electron chi connectivity index (χ3n) is 5.23. The molecule has 1 heterocycles. The Hall–Kier alpha value is -4.13. The van der Waals surface area contributed by atoms with E-state index in [4.69, 9.17) is 33.5 Å². The van der Waals surface area contributed by atoms with Crippen LogP contribution < -0.4 is 27.8 Å². The van der Waals surface area contributed by atoms with Crippen molar-refractivity contribution in [1.29, 1.82) is 0 Å². The third-order valence-corrected chi connectivity index (χ3v) is 5.50. The zero-order valence-corrected chi connectivity index (χ0v) is 21.4. The van der Waals surface area contributed by atoms with Crippen LogP contribution in [0.25, 0.3) is 0 Å². The minimum absolute atomic E-state index is 0.0737. The average molecular weight is 535 g/mol. The zero-order chi connectivity index (χ0) is 27.4. The highest BCUT2D eigenvalue weighted by atomic mass is 35.5. The summed E-state index contributed by atoms with van der Waals surface area (Å²) < 4.78 is 9.28. The Balaban J connectivity index is 1.75. The van der Waals surface area contributed by atoms with E-state index in [1.54, 1.807) is 0 Å². The van der Waals surface area contributed by atoms with Gasteiger partial charge in [-0.25, -0.2) is 19.6 Å². The predicted octanol–water partition coefficient (Wildman–Crippen LogP) is 1.19. The zero-order valence-electron chi connectivity index (χ0n) is 20.6. The van der Waals surface area contributed by atoms with Crippen molar-refractivity contribution in [3.05, 3.63) is 46.2 Å². The Morgan fingerprint density at radius 3 is 2.27 bits per heavy atom. The summed E-state index contributed by atoms with van der Waals surface area (Å²) in [5, 5.41) is 4.73. The second-order valence-corrected chi connectivity index (χ2v) is 8.24. The minimum atomic E-state index is -0.788. The fraction of sp³-hybridized carbons (Fsp3) is 0.391. The van der Waals surface area contributed by atoms with Crippen LogP contribution in [0, 0.1) is 0 Å². The Bertz CT molecular complexity index is 1130. The lowest BCUT2D eigenvalue weighted by Gasteiger charge is -2.15. The molecule has 0 aliphatic heterocycles. The monoisotopic (exact) mass is 534 g/mol. The van der Waals surface area contributed by atoms with Crippen LogP contribution in [0.4, 0.5) is 16.4 Å². The van der Waals surface area contributed by atoms with Crippen LogP contribution in [0.5, 0.6) is 0 Å². The first-order valence-corrected chi connectivity index (χ1v) is 11.7. The molecule has 0 aliphatic carbocycles. The van der Waals surface area contributed by atoms with Gasteiger partial charge in [0, 0.05) is 6.54 Å². The molecule has 37 heavy (non-hydrogen) atoms. The summed E-state index contributed by atoms with van der Waals surface area (Å²) in [6.45, 7) is 0.413. The number of rotatable bonds is 11. The number of hydrogen-bond acceptors (Lipinski definition) is 10. The quantitative estimate of drug-likeness (QED) is 0.120. The van der Waals surface area contributed by atoms with E-state index in [-0.39, 0.29) is 28.4 Å². The van der Waals surface area contributed by atoms with E-state index >= 15 is 0 Å². The number of benzene rings is 1. The van der Waals surface area contributed by atoms with Crippen LogP contribution in [0.3, 0.4) is 0 Å². The van der Waals surface area contributed by atoms with Crippen LogP contribution >= 0.6 is 11.6 Å². The normalized spacial score (nSPS) is 11.9. The van der Waals surface area contributed by atoms with Gasteiger partial charge in [-0.15, -0.1) is 0 Å². The molecule has 2 rings (SSSR count). The molecular formula is C23H31ClN8O5. The number of unbranched alkanes of at least 4 members (excludes halogenated alkanes) is 1. The summed E-state index contributed by atoms with van der Waals surface area (Å²) in [5.41, 5.74) is 18.9. The molecule has 14 heteroatoms. The summed E-state index contributed by atoms with van der Waals surface area (Å²) in [6, 6.07) is 7.19. The molecule has 1 aromatic heterocycles. The number of guanidine groups is 1. The maximum atomic E-state index is 12.2. The van der Waals surface area contributed by atoms with Gasteiger partial charge in [0.15, 0.2) is 28.4 Å². The van der Waals surface area contributed by atoms with Gasteiger partial charge < -0.3 is 32.0 Å². The first-order valence-electron chi connectivity index (χ1n) is 11.3. The number of esters is 1. The first kappa shape index (κ1) is 29.1. The molecule has 0 saturated heterocycles. The second kappa shape index (κ2) is 14.4. The van der Waals surface area contributed by atoms with Crippen molar-refractivity contribution in [2.24, 2.45) is 10.7 Å². The number of methoxy groups -OCH3 is 2. The standard InChI is InChI=1S/C23H31ClN8O5/c1-36-21(34)15(29-23(35)37-2)11-10-14-8-6-13(7-9-14)5-3-4-12-28-22(27)32-20(33)16-18(25)31-19(26)17(24)30-16/h6-9,15H,3-5,10-12H2,1-2H3,(H,29,35)(H4,25,26,31)(H3,27,28,32,33)/t15-/m1/s1. The van der Waals surface area contributed by atoms with E-state index in [0.717, 1.165) is 30.4 Å². The molecule has 13 nitrogen and oxygen atoms in total. The van der Waals surface area contributed by atoms with Gasteiger partial charge in [0.1, 0.15) is 6.04 Å². The second-order valence-electron chi connectivity index (χ2n) is 7.88. The van der Waals surface area contributed by atoms with Crippen LogP contribution in [-0.2, 0) is 27.1 Å². The molecule has 0 aliphatic rings. The first-order chi connectivity index (χ1) is 17.6. The van der Waals surface area contributed by atoms with Crippen molar-refractivity contribution in [3.8, 4) is 0 Å². The summed E-state index contributed by atoms with van der Waals surface area (Å²) >= 11 is 5.78. The van der Waals surface area contributed by atoms with Gasteiger partial charge in [-0.3, -0.25) is 15.1 Å². The molecule has 8 N–H and O–H groups in total. The Morgan fingerprint density at radius 2 is 1.65 bits per heavy atom. The van der Waals surface area contributed by atoms with E-state index in [1.807, 2.05) is 24.3 Å². The highest BCUT2D eigenvalue weighted by molar-refractivity contribution is 6.31. The fourth-order valence-corrected chi connectivity index (χ4v) is 3.37. The van der Waals surface area contributed by atoms with Crippen molar-refractivity contribution >= 4 is 47.2 Å². The van der Waals surface area contributed by atoms with E-state index in [2.05, 4.69) is 30.3 Å². The Morgan fingerprint density at radius 1 is 1.00 bits per heavy atom. The van der Waals surface area contributed by atoms with Gasteiger partial charge in [-0.05, 0) is 43.2 Å². The number of alkyl carbamates (subject to hydrolysis) is 1. The number of ether oxygens (including phenoxy) is 2. The number of amides is 2. The molecular weight excluding hydrogens is 504 g/mol. The Kier molecular flexibility index (Phi) is 11.4. The van der Waals surface area contributed by atoms with Crippen molar-refractivity contribution in [3.63, 3.8) is 0 Å². The molecule has 0 fully saturated rings. The summed E-state index contributed by atoms with van der Waals surface area (Å²) in [7, 11) is 2.50. The Labute approximate surface area is 219 Å². The SMILES string of the molecule is COC(=O)N[C@H](CCc1ccc(CCCCN=C(N)NC(=O)c2nc(Cl)c(N)nc2N)cc1)C(=O)OC. The van der Waals surface area contributed by atoms with Crippen molar-refractivity contribution in [2.45, 2.75) is 38.1 Å². The molecule has 0 unspecified atom stereocenters. The molecule has 200 valence electrons. The van der Waals surface area contributed by atoms with Gasteiger partial charge >= 0.3 is 12.1 Å². The number of anilines is 2. The number of nitrogens with two attached hydrogens (primary N) is 3. The van der Waals surface area contributed by atoms with Crippen LogP contribution in [0.2, 0.25) is 5.15 Å². The van der Waals surface area contributed by atoms with Crippen LogP contribution in [0.15, 0.2) is 29.3 Å². The maximum Gasteiger partial charge on any atom is 0.407 e. The van der Waals surface area contributed by atoms with Gasteiger partial charge in [-0.1, -0.05) is 35.9 Å². The van der Waals surface area contributed by atoms with Gasteiger partial charge in [0.25, 0.3) is 5.91 Å². The smallest absolute Gasteiger partial charge is 0.407 e. The molecule has 1 atom stereocenters. The highest BCUT2D eigenvalue weighted by Gasteiger charge is 2.21. The number of carbonyl (C=O) groups is 3. The van der Waals surface area contributed by atoms with Gasteiger partial charge in [-0.2, -0.15) is 0 Å².